The fourth-order valence-electron chi connectivity index (χ4n) is 4.90. The molecular weight excluding hydrogens is 578 g/mol. The Morgan fingerprint density at radius 3 is 1.91 bits per heavy atom. The minimum absolute atomic E-state index is 0.0513. The van der Waals surface area contributed by atoms with Crippen LogP contribution in [0.5, 0.6) is 17.2 Å². The van der Waals surface area contributed by atoms with Crippen LogP contribution in [0.3, 0.4) is 0 Å². The molecule has 1 aliphatic rings. The molecular formula is C34H37N3O6S. The maximum Gasteiger partial charge on any atom is 0.412 e. The van der Waals surface area contributed by atoms with Crippen molar-refractivity contribution < 1.29 is 28.7 Å². The molecule has 2 amide bonds. The molecule has 0 unspecified atom stereocenters. The van der Waals surface area contributed by atoms with E-state index in [1.54, 1.807) is 36.4 Å². The first kappa shape index (κ1) is 31.0. The van der Waals surface area contributed by atoms with E-state index in [4.69, 9.17) is 14.3 Å². The SMILES string of the molecule is CC(C)NC(=O)Oc1ccc(-c2sc3cc(OC(=O)NC(C)C)ccc3c2C(=O)c2ccc(ON3CCCCC3)cc2)cc1. The number of fused-ring (bicyclic) bond motifs is 1. The summed E-state index contributed by atoms with van der Waals surface area (Å²) in [5.41, 5.74) is 1.86. The fourth-order valence-corrected chi connectivity index (χ4v) is 6.14. The highest BCUT2D eigenvalue weighted by Gasteiger charge is 2.23. The van der Waals surface area contributed by atoms with E-state index in [-0.39, 0.29) is 17.9 Å². The van der Waals surface area contributed by atoms with E-state index in [1.807, 2.05) is 63.1 Å². The number of benzene rings is 3. The van der Waals surface area contributed by atoms with Gasteiger partial charge in [0.25, 0.3) is 0 Å². The Kier molecular flexibility index (Phi) is 9.82. The van der Waals surface area contributed by atoms with Crippen LogP contribution in [0.2, 0.25) is 0 Å². The number of amides is 2. The molecule has 3 aromatic carbocycles. The molecule has 0 aliphatic carbocycles. The zero-order valence-electron chi connectivity index (χ0n) is 25.3. The first-order valence-electron chi connectivity index (χ1n) is 14.9. The average Bonchev–Trinajstić information content (AvgIpc) is 3.36. The summed E-state index contributed by atoms with van der Waals surface area (Å²) < 4.78 is 11.7. The van der Waals surface area contributed by atoms with Gasteiger partial charge >= 0.3 is 12.2 Å². The molecule has 1 fully saturated rings. The monoisotopic (exact) mass is 615 g/mol. The number of hydrogen-bond acceptors (Lipinski definition) is 8. The number of rotatable bonds is 9. The van der Waals surface area contributed by atoms with Crippen molar-refractivity contribution in [2.75, 3.05) is 13.1 Å². The molecule has 0 spiro atoms. The number of hydroxylamine groups is 2. The molecule has 4 aromatic rings. The highest BCUT2D eigenvalue weighted by Crippen LogP contribution is 2.42. The van der Waals surface area contributed by atoms with E-state index in [0.29, 0.717) is 28.4 Å². The molecule has 0 radical (unpaired) electrons. The third-order valence-corrected chi connectivity index (χ3v) is 8.11. The summed E-state index contributed by atoms with van der Waals surface area (Å²) in [6.45, 7) is 9.20. The lowest BCUT2D eigenvalue weighted by molar-refractivity contribution is -0.0720. The van der Waals surface area contributed by atoms with Crippen LogP contribution in [-0.2, 0) is 0 Å². The van der Waals surface area contributed by atoms with Gasteiger partial charge in [-0.2, -0.15) is 0 Å². The Morgan fingerprint density at radius 2 is 1.30 bits per heavy atom. The molecule has 10 heteroatoms. The molecule has 5 rings (SSSR count). The van der Waals surface area contributed by atoms with Crippen LogP contribution in [0.1, 0.15) is 62.9 Å². The van der Waals surface area contributed by atoms with Crippen LogP contribution in [-0.4, -0.2) is 48.2 Å². The summed E-state index contributed by atoms with van der Waals surface area (Å²) in [6, 6.07) is 19.4. The zero-order valence-corrected chi connectivity index (χ0v) is 26.2. The Bertz CT molecular complexity index is 1620. The van der Waals surface area contributed by atoms with Gasteiger partial charge in [0.1, 0.15) is 17.2 Å². The van der Waals surface area contributed by atoms with E-state index in [1.165, 1.54) is 17.8 Å². The van der Waals surface area contributed by atoms with Crippen molar-refractivity contribution in [1.82, 2.24) is 15.7 Å². The lowest BCUT2D eigenvalue weighted by Crippen LogP contribution is -2.32. The van der Waals surface area contributed by atoms with Crippen LogP contribution in [0, 0.1) is 0 Å². The largest absolute Gasteiger partial charge is 0.412 e. The molecule has 44 heavy (non-hydrogen) atoms. The summed E-state index contributed by atoms with van der Waals surface area (Å²) in [4.78, 5) is 45.2. The fraction of sp³-hybridized carbons (Fsp3) is 0.324. The van der Waals surface area contributed by atoms with Gasteiger partial charge in [0.15, 0.2) is 5.78 Å². The smallest absolute Gasteiger partial charge is 0.410 e. The average molecular weight is 616 g/mol. The van der Waals surface area contributed by atoms with Crippen molar-refractivity contribution in [3.05, 3.63) is 77.9 Å². The van der Waals surface area contributed by atoms with Crippen molar-refractivity contribution >= 4 is 39.4 Å². The van der Waals surface area contributed by atoms with Crippen molar-refractivity contribution in [2.24, 2.45) is 0 Å². The number of ketones is 1. The minimum Gasteiger partial charge on any atom is -0.410 e. The lowest BCUT2D eigenvalue weighted by atomic mass is 9.97. The van der Waals surface area contributed by atoms with Gasteiger partial charge in [-0.05, 0) is 113 Å². The molecule has 0 atom stereocenters. The van der Waals surface area contributed by atoms with Crippen molar-refractivity contribution in [1.29, 1.82) is 0 Å². The van der Waals surface area contributed by atoms with E-state index in [0.717, 1.165) is 46.5 Å². The van der Waals surface area contributed by atoms with E-state index >= 15 is 0 Å². The van der Waals surface area contributed by atoms with Gasteiger partial charge in [-0.15, -0.1) is 16.4 Å². The lowest BCUT2D eigenvalue weighted by Gasteiger charge is -2.26. The van der Waals surface area contributed by atoms with Crippen LogP contribution >= 0.6 is 11.3 Å². The number of hydrogen-bond donors (Lipinski definition) is 2. The minimum atomic E-state index is -0.545. The Balaban J connectivity index is 1.46. The third-order valence-electron chi connectivity index (χ3n) is 6.91. The predicted octanol–water partition coefficient (Wildman–Crippen LogP) is 7.57. The molecule has 0 bridgehead atoms. The molecule has 1 saturated heterocycles. The van der Waals surface area contributed by atoms with Crippen LogP contribution in [0.25, 0.3) is 20.5 Å². The number of carbonyl (C=O) groups excluding carboxylic acids is 3. The molecule has 1 aromatic heterocycles. The van der Waals surface area contributed by atoms with E-state index in [2.05, 4.69) is 10.6 Å². The van der Waals surface area contributed by atoms with Gasteiger partial charge in [-0.3, -0.25) is 4.79 Å². The van der Waals surface area contributed by atoms with Crippen molar-refractivity contribution in [3.8, 4) is 27.7 Å². The molecule has 0 saturated carbocycles. The second kappa shape index (κ2) is 13.9. The van der Waals surface area contributed by atoms with Gasteiger partial charge in [-0.1, -0.05) is 6.42 Å². The molecule has 230 valence electrons. The summed E-state index contributed by atoms with van der Waals surface area (Å²) in [5.74, 6) is 1.31. The molecule has 2 N–H and O–H groups in total. The summed E-state index contributed by atoms with van der Waals surface area (Å²) in [6.07, 6.45) is 2.35. The number of piperidine rings is 1. The summed E-state index contributed by atoms with van der Waals surface area (Å²) >= 11 is 1.43. The van der Waals surface area contributed by atoms with Crippen LogP contribution in [0.4, 0.5) is 9.59 Å². The number of ether oxygens (including phenoxy) is 2. The Hall–Kier alpha value is -4.41. The number of nitrogens with one attached hydrogen (secondary N) is 2. The summed E-state index contributed by atoms with van der Waals surface area (Å²) in [7, 11) is 0. The van der Waals surface area contributed by atoms with E-state index < -0.39 is 12.2 Å². The third kappa shape index (κ3) is 7.75. The number of thiophene rings is 1. The van der Waals surface area contributed by atoms with Crippen molar-refractivity contribution in [3.63, 3.8) is 0 Å². The van der Waals surface area contributed by atoms with Gasteiger partial charge in [0, 0.05) is 51.3 Å². The number of carbonyl (C=O) groups is 3. The van der Waals surface area contributed by atoms with Gasteiger partial charge in [0.05, 0.1) is 0 Å². The van der Waals surface area contributed by atoms with Gasteiger partial charge in [-0.25, -0.2) is 9.59 Å². The molecule has 2 heterocycles. The van der Waals surface area contributed by atoms with Gasteiger partial charge < -0.3 is 24.9 Å². The van der Waals surface area contributed by atoms with Crippen LogP contribution < -0.4 is 24.9 Å². The maximum absolute atomic E-state index is 14.1. The topological polar surface area (TPSA) is 106 Å². The summed E-state index contributed by atoms with van der Waals surface area (Å²) in [5, 5.41) is 8.12. The number of nitrogens with zero attached hydrogens (tertiary/aromatic N) is 1. The highest BCUT2D eigenvalue weighted by molar-refractivity contribution is 7.22. The molecule has 9 nitrogen and oxygen atoms in total. The standard InChI is InChI=1S/C34H37N3O6S/c1-21(2)35-33(39)41-25-12-10-24(11-13-25)32-30(28-17-16-27(20-29(28)44-32)42-34(40)36-22(3)4)31(38)23-8-14-26(15-9-23)43-37-18-6-5-7-19-37/h8-17,20-22H,5-7,18-19H2,1-4H3,(H,35,39)(H,36,40). The quantitative estimate of drug-likeness (QED) is 0.187. The van der Waals surface area contributed by atoms with Crippen molar-refractivity contribution in [2.45, 2.75) is 59.0 Å². The second-order valence-electron chi connectivity index (χ2n) is 11.3. The van der Waals surface area contributed by atoms with Gasteiger partial charge in [0.2, 0.25) is 0 Å². The Morgan fingerprint density at radius 1 is 0.727 bits per heavy atom. The molecule has 1 aliphatic heterocycles. The Labute approximate surface area is 261 Å². The first-order chi connectivity index (χ1) is 21.2. The van der Waals surface area contributed by atoms with E-state index in [9.17, 15) is 14.4 Å². The zero-order chi connectivity index (χ0) is 31.2. The first-order valence-corrected chi connectivity index (χ1v) is 15.7. The second-order valence-corrected chi connectivity index (χ2v) is 12.4. The normalized spacial score (nSPS) is 13.6. The predicted molar refractivity (Wildman–Crippen MR) is 172 cm³/mol. The van der Waals surface area contributed by atoms with Crippen LogP contribution in [0.15, 0.2) is 66.7 Å². The maximum atomic E-state index is 14.1. The highest BCUT2D eigenvalue weighted by atomic mass is 32.1.